The molecule has 28 heavy (non-hydrogen) atoms. The average Bonchev–Trinajstić information content (AvgIpc) is 3.11. The monoisotopic (exact) mass is 387 g/mol. The minimum Gasteiger partial charge on any atom is -0.314 e. The van der Waals surface area contributed by atoms with Crippen LogP contribution in [0.25, 0.3) is 33.5 Å². The molecule has 0 fully saturated rings. The second-order valence-electron chi connectivity index (χ2n) is 6.08. The summed E-state index contributed by atoms with van der Waals surface area (Å²) in [6.07, 6.45) is -0.410. The van der Waals surface area contributed by atoms with E-state index in [0.29, 0.717) is 28.8 Å². The second kappa shape index (κ2) is 6.66. The average molecular weight is 387 g/mol. The molecular weight excluding hydrogens is 374 g/mol. The summed E-state index contributed by atoms with van der Waals surface area (Å²) >= 11 is 0. The summed E-state index contributed by atoms with van der Waals surface area (Å²) < 4.78 is 55.2. The molecule has 0 aliphatic heterocycles. The number of hydrogen-bond acceptors (Lipinski definition) is 4. The fraction of sp³-hybridized carbons (Fsp3) is 0.158. The molecule has 4 aromatic rings. The molecule has 0 atom stereocenters. The second-order valence-corrected chi connectivity index (χ2v) is 6.08. The highest BCUT2D eigenvalue weighted by molar-refractivity contribution is 5.90. The zero-order chi connectivity index (χ0) is 19.9. The normalized spacial score (nSPS) is 11.9. The van der Waals surface area contributed by atoms with Crippen molar-refractivity contribution in [1.82, 2.24) is 24.7 Å². The van der Waals surface area contributed by atoms with E-state index >= 15 is 0 Å². The Hall–Kier alpha value is -3.36. The van der Waals surface area contributed by atoms with E-state index in [9.17, 15) is 17.6 Å². The first kappa shape index (κ1) is 18.0. The molecule has 9 heteroatoms. The highest BCUT2D eigenvalue weighted by Gasteiger charge is 2.31. The van der Waals surface area contributed by atoms with Crippen LogP contribution >= 0.6 is 0 Å². The molecular formula is C19H13F4N5. The number of aromatic nitrogens is 5. The molecule has 0 N–H and O–H groups in total. The molecule has 0 radical (unpaired) electrons. The summed E-state index contributed by atoms with van der Waals surface area (Å²) in [5.41, 5.74) is 1.27. The molecule has 0 aliphatic rings. The number of halogens is 4. The third-order valence-electron chi connectivity index (χ3n) is 4.39. The first-order valence-electron chi connectivity index (χ1n) is 8.38. The number of aryl methyl sites for hydroxylation is 1. The van der Waals surface area contributed by atoms with E-state index in [4.69, 9.17) is 0 Å². The molecule has 0 bridgehead atoms. The van der Waals surface area contributed by atoms with E-state index in [1.807, 2.05) is 11.5 Å². The van der Waals surface area contributed by atoms with E-state index in [2.05, 4.69) is 20.2 Å². The number of alkyl halides is 3. The SMILES string of the molecule is CCn1cnc2c(-c3ccc(F)c(-c4cc(C(F)(F)F)ccn4)c3)cnnc21. The minimum atomic E-state index is -4.54. The van der Waals surface area contributed by atoms with E-state index in [-0.39, 0.29) is 11.3 Å². The predicted octanol–water partition coefficient (Wildman–Crippen LogP) is 4.73. The van der Waals surface area contributed by atoms with Crippen LogP contribution in [0.1, 0.15) is 12.5 Å². The lowest BCUT2D eigenvalue weighted by atomic mass is 10.0. The standard InChI is InChI=1S/C19H13F4N5/c1-2-28-10-25-17-14(9-26-27-18(17)28)11-3-4-15(20)13(7-11)16-8-12(5-6-24-16)19(21,22)23/h3-10H,2H2,1H3. The molecule has 142 valence electrons. The summed E-state index contributed by atoms with van der Waals surface area (Å²) in [5, 5.41) is 8.05. The first-order chi connectivity index (χ1) is 13.4. The lowest BCUT2D eigenvalue weighted by Crippen LogP contribution is -2.05. The third kappa shape index (κ3) is 3.08. The van der Waals surface area contributed by atoms with Gasteiger partial charge >= 0.3 is 6.18 Å². The fourth-order valence-corrected chi connectivity index (χ4v) is 2.96. The fourth-order valence-electron chi connectivity index (χ4n) is 2.96. The van der Waals surface area contributed by atoms with Gasteiger partial charge in [-0.2, -0.15) is 18.3 Å². The summed E-state index contributed by atoms with van der Waals surface area (Å²) in [7, 11) is 0. The molecule has 3 heterocycles. The van der Waals surface area contributed by atoms with Crippen molar-refractivity contribution in [2.45, 2.75) is 19.6 Å². The van der Waals surface area contributed by atoms with Gasteiger partial charge in [0.15, 0.2) is 5.65 Å². The van der Waals surface area contributed by atoms with Gasteiger partial charge in [-0.3, -0.25) is 4.98 Å². The van der Waals surface area contributed by atoms with Gasteiger partial charge in [-0.1, -0.05) is 6.07 Å². The Morgan fingerprint density at radius 1 is 1.04 bits per heavy atom. The number of rotatable bonds is 3. The molecule has 0 amide bonds. The summed E-state index contributed by atoms with van der Waals surface area (Å²) in [4.78, 5) is 8.25. The lowest BCUT2D eigenvalue weighted by Gasteiger charge is -2.10. The van der Waals surface area contributed by atoms with Crippen LogP contribution < -0.4 is 0 Å². The predicted molar refractivity (Wildman–Crippen MR) is 94.6 cm³/mol. The van der Waals surface area contributed by atoms with Crippen LogP contribution in [0.4, 0.5) is 17.6 Å². The maximum atomic E-state index is 14.4. The maximum Gasteiger partial charge on any atom is 0.416 e. The Balaban J connectivity index is 1.87. The van der Waals surface area contributed by atoms with Crippen LogP contribution in [-0.2, 0) is 12.7 Å². The van der Waals surface area contributed by atoms with Gasteiger partial charge in [0.1, 0.15) is 11.3 Å². The van der Waals surface area contributed by atoms with Crippen LogP contribution in [0.2, 0.25) is 0 Å². The molecule has 0 saturated heterocycles. The Morgan fingerprint density at radius 2 is 1.86 bits per heavy atom. The molecule has 3 aromatic heterocycles. The number of benzene rings is 1. The summed E-state index contributed by atoms with van der Waals surface area (Å²) in [6, 6.07) is 5.83. The maximum absolute atomic E-state index is 14.4. The molecule has 0 aliphatic carbocycles. The summed E-state index contributed by atoms with van der Waals surface area (Å²) in [5.74, 6) is -0.673. The van der Waals surface area contributed by atoms with Crippen molar-refractivity contribution >= 4 is 11.2 Å². The molecule has 0 unspecified atom stereocenters. The topological polar surface area (TPSA) is 56.5 Å². The molecule has 5 nitrogen and oxygen atoms in total. The van der Waals surface area contributed by atoms with Crippen molar-refractivity contribution in [3.8, 4) is 22.4 Å². The van der Waals surface area contributed by atoms with Gasteiger partial charge < -0.3 is 4.57 Å². The van der Waals surface area contributed by atoms with Crippen molar-refractivity contribution in [1.29, 1.82) is 0 Å². The van der Waals surface area contributed by atoms with Crippen LogP contribution in [0.5, 0.6) is 0 Å². The Kier molecular flexibility index (Phi) is 4.29. The number of fused-ring (bicyclic) bond motifs is 1. The van der Waals surface area contributed by atoms with Crippen molar-refractivity contribution < 1.29 is 17.6 Å². The zero-order valence-corrected chi connectivity index (χ0v) is 14.6. The zero-order valence-electron chi connectivity index (χ0n) is 14.6. The van der Waals surface area contributed by atoms with Crippen LogP contribution in [0, 0.1) is 5.82 Å². The van der Waals surface area contributed by atoms with Crippen LogP contribution in [0.15, 0.2) is 49.1 Å². The van der Waals surface area contributed by atoms with E-state index in [0.717, 1.165) is 18.3 Å². The van der Waals surface area contributed by atoms with Crippen LogP contribution in [0.3, 0.4) is 0 Å². The van der Waals surface area contributed by atoms with E-state index in [1.165, 1.54) is 24.4 Å². The van der Waals surface area contributed by atoms with Gasteiger partial charge in [0.2, 0.25) is 0 Å². The third-order valence-corrected chi connectivity index (χ3v) is 4.39. The van der Waals surface area contributed by atoms with Crippen molar-refractivity contribution in [3.63, 3.8) is 0 Å². The van der Waals surface area contributed by atoms with Crippen molar-refractivity contribution in [2.24, 2.45) is 0 Å². The van der Waals surface area contributed by atoms with Gasteiger partial charge in [0.25, 0.3) is 0 Å². The van der Waals surface area contributed by atoms with Gasteiger partial charge in [-0.25, -0.2) is 9.37 Å². The Bertz CT molecular complexity index is 1170. The van der Waals surface area contributed by atoms with Gasteiger partial charge in [-0.15, -0.1) is 5.10 Å². The molecule has 4 rings (SSSR count). The Morgan fingerprint density at radius 3 is 2.61 bits per heavy atom. The van der Waals surface area contributed by atoms with Crippen molar-refractivity contribution in [2.75, 3.05) is 0 Å². The van der Waals surface area contributed by atoms with Crippen LogP contribution in [-0.4, -0.2) is 24.7 Å². The summed E-state index contributed by atoms with van der Waals surface area (Å²) in [6.45, 7) is 2.59. The number of nitrogens with zero attached hydrogens (tertiary/aromatic N) is 5. The van der Waals surface area contributed by atoms with Gasteiger partial charge in [0, 0.05) is 23.9 Å². The number of imidazole rings is 1. The Labute approximate surface area is 156 Å². The molecule has 0 spiro atoms. The molecule has 1 aromatic carbocycles. The molecule has 0 saturated carbocycles. The van der Waals surface area contributed by atoms with E-state index in [1.54, 1.807) is 6.33 Å². The van der Waals surface area contributed by atoms with E-state index < -0.39 is 17.6 Å². The van der Waals surface area contributed by atoms with Gasteiger partial charge in [0.05, 0.1) is 23.8 Å². The van der Waals surface area contributed by atoms with Crippen molar-refractivity contribution in [3.05, 3.63) is 60.4 Å². The largest absolute Gasteiger partial charge is 0.416 e. The highest BCUT2D eigenvalue weighted by Crippen LogP contribution is 2.34. The van der Waals surface area contributed by atoms with Gasteiger partial charge in [-0.05, 0) is 36.8 Å². The highest BCUT2D eigenvalue weighted by atomic mass is 19.4. The number of hydrogen-bond donors (Lipinski definition) is 0. The first-order valence-corrected chi connectivity index (χ1v) is 8.38. The number of pyridine rings is 1. The quantitative estimate of drug-likeness (QED) is 0.477. The smallest absolute Gasteiger partial charge is 0.314 e. The minimum absolute atomic E-state index is 0.0384. The lowest BCUT2D eigenvalue weighted by molar-refractivity contribution is -0.137.